The van der Waals surface area contributed by atoms with Crippen LogP contribution in [0.5, 0.6) is 0 Å². The number of amides is 1. The molecule has 0 heterocycles. The molecule has 2 rings (SSSR count). The first-order valence-corrected chi connectivity index (χ1v) is 6.24. The zero-order valence-corrected chi connectivity index (χ0v) is 9.59. The van der Waals surface area contributed by atoms with E-state index in [1.54, 1.807) is 0 Å². The van der Waals surface area contributed by atoms with Gasteiger partial charge in [-0.05, 0) is 44.4 Å². The molecule has 0 spiro atoms. The van der Waals surface area contributed by atoms with Gasteiger partial charge in [0.25, 0.3) is 0 Å². The lowest BCUT2D eigenvalue weighted by molar-refractivity contribution is -0.126. The molecular weight excluding hydrogens is 188 g/mol. The minimum Gasteiger partial charge on any atom is -0.368 e. The number of hydrogen-bond acceptors (Lipinski definition) is 2. The zero-order chi connectivity index (χ0) is 10.9. The average Bonchev–Trinajstić information content (AvgIpc) is 3.02. The number of primary amides is 1. The highest BCUT2D eigenvalue weighted by Gasteiger charge is 2.43. The van der Waals surface area contributed by atoms with Crippen molar-refractivity contribution in [3.63, 3.8) is 0 Å². The highest BCUT2D eigenvalue weighted by atomic mass is 16.1. The third-order valence-electron chi connectivity index (χ3n) is 4.07. The van der Waals surface area contributed by atoms with Crippen molar-refractivity contribution in [2.75, 3.05) is 0 Å². The summed E-state index contributed by atoms with van der Waals surface area (Å²) in [5, 5.41) is 3.48. The van der Waals surface area contributed by atoms with Gasteiger partial charge in [0, 0.05) is 6.04 Å². The zero-order valence-electron chi connectivity index (χ0n) is 9.59. The Morgan fingerprint density at radius 1 is 1.33 bits per heavy atom. The fraction of sp³-hybridized carbons (Fsp3) is 0.917. The summed E-state index contributed by atoms with van der Waals surface area (Å²) >= 11 is 0. The van der Waals surface area contributed by atoms with Gasteiger partial charge in [0.05, 0.1) is 5.54 Å². The van der Waals surface area contributed by atoms with E-state index in [-0.39, 0.29) is 11.4 Å². The fourth-order valence-corrected chi connectivity index (χ4v) is 2.66. The molecule has 2 aliphatic carbocycles. The molecule has 0 radical (unpaired) electrons. The second-order valence-corrected chi connectivity index (χ2v) is 5.22. The number of nitrogens with two attached hydrogens (primary N) is 1. The molecule has 0 saturated heterocycles. The predicted octanol–water partition coefficient (Wildman–Crippen LogP) is 1.56. The van der Waals surface area contributed by atoms with E-state index in [2.05, 4.69) is 12.2 Å². The van der Waals surface area contributed by atoms with Gasteiger partial charge in [-0.2, -0.15) is 0 Å². The molecular formula is C12H22N2O. The Labute approximate surface area is 91.8 Å². The van der Waals surface area contributed by atoms with Crippen LogP contribution >= 0.6 is 0 Å². The van der Waals surface area contributed by atoms with Crippen molar-refractivity contribution in [1.82, 2.24) is 5.32 Å². The van der Waals surface area contributed by atoms with Crippen LogP contribution in [0.3, 0.4) is 0 Å². The highest BCUT2D eigenvalue weighted by Crippen LogP contribution is 2.36. The van der Waals surface area contributed by atoms with Crippen LogP contribution in [0.15, 0.2) is 0 Å². The van der Waals surface area contributed by atoms with Crippen molar-refractivity contribution < 1.29 is 4.79 Å². The van der Waals surface area contributed by atoms with Crippen LogP contribution in [0, 0.1) is 5.92 Å². The second-order valence-electron chi connectivity index (χ2n) is 5.22. The van der Waals surface area contributed by atoms with Crippen LogP contribution in [-0.2, 0) is 4.79 Å². The van der Waals surface area contributed by atoms with E-state index in [9.17, 15) is 4.79 Å². The summed E-state index contributed by atoms with van der Waals surface area (Å²) in [5.74, 6) is 0.669. The standard InChI is InChI=1S/C12H22N2O/c1-2-9-5-7-12(8-6-9,11(13)15)14-10-3-4-10/h9-10,14H,2-8H2,1H3,(H2,13,15). The summed E-state index contributed by atoms with van der Waals surface area (Å²) in [5.41, 5.74) is 5.20. The monoisotopic (exact) mass is 210 g/mol. The molecule has 2 saturated carbocycles. The lowest BCUT2D eigenvalue weighted by atomic mass is 9.75. The summed E-state index contributed by atoms with van der Waals surface area (Å²) in [6.45, 7) is 2.23. The molecule has 1 amide bonds. The van der Waals surface area contributed by atoms with E-state index in [1.165, 1.54) is 19.3 Å². The molecule has 2 fully saturated rings. The van der Waals surface area contributed by atoms with Crippen LogP contribution in [0.2, 0.25) is 0 Å². The number of rotatable bonds is 4. The summed E-state index contributed by atoms with van der Waals surface area (Å²) in [6.07, 6.45) is 7.85. The van der Waals surface area contributed by atoms with Crippen molar-refractivity contribution in [3.05, 3.63) is 0 Å². The van der Waals surface area contributed by atoms with Crippen molar-refractivity contribution in [1.29, 1.82) is 0 Å². The van der Waals surface area contributed by atoms with Gasteiger partial charge < -0.3 is 11.1 Å². The van der Waals surface area contributed by atoms with Gasteiger partial charge in [-0.3, -0.25) is 4.79 Å². The van der Waals surface area contributed by atoms with Crippen LogP contribution in [0.25, 0.3) is 0 Å². The number of hydrogen-bond donors (Lipinski definition) is 2. The van der Waals surface area contributed by atoms with E-state index in [1.807, 2.05) is 0 Å². The molecule has 0 aromatic heterocycles. The Hall–Kier alpha value is -0.570. The first-order chi connectivity index (χ1) is 7.16. The van der Waals surface area contributed by atoms with Crippen molar-refractivity contribution in [2.24, 2.45) is 11.7 Å². The second kappa shape index (κ2) is 4.12. The number of carbonyl (C=O) groups is 1. The first kappa shape index (κ1) is 10.9. The van der Waals surface area contributed by atoms with Gasteiger partial charge in [-0.15, -0.1) is 0 Å². The molecule has 3 nitrogen and oxygen atoms in total. The molecule has 0 aromatic rings. The molecule has 0 atom stereocenters. The number of nitrogens with one attached hydrogen (secondary N) is 1. The van der Waals surface area contributed by atoms with E-state index < -0.39 is 0 Å². The average molecular weight is 210 g/mol. The van der Waals surface area contributed by atoms with Crippen molar-refractivity contribution >= 4 is 5.91 Å². The van der Waals surface area contributed by atoms with Crippen molar-refractivity contribution in [2.45, 2.75) is 63.5 Å². The SMILES string of the molecule is CCC1CCC(NC2CC2)(C(N)=O)CC1. The molecule has 15 heavy (non-hydrogen) atoms. The van der Waals surface area contributed by atoms with Gasteiger partial charge in [0.15, 0.2) is 0 Å². The van der Waals surface area contributed by atoms with Gasteiger partial charge in [-0.1, -0.05) is 13.3 Å². The molecule has 0 aromatic carbocycles. The lowest BCUT2D eigenvalue weighted by Crippen LogP contribution is -2.58. The maximum Gasteiger partial charge on any atom is 0.237 e. The van der Waals surface area contributed by atoms with Gasteiger partial charge in [0.1, 0.15) is 0 Å². The summed E-state index contributed by atoms with van der Waals surface area (Å²) < 4.78 is 0. The Balaban J connectivity index is 1.97. The minimum atomic E-state index is -0.368. The molecule has 3 N–H and O–H groups in total. The summed E-state index contributed by atoms with van der Waals surface area (Å²) in [4.78, 5) is 11.6. The molecule has 0 bridgehead atoms. The molecule has 0 aliphatic heterocycles. The molecule has 3 heteroatoms. The van der Waals surface area contributed by atoms with Crippen LogP contribution in [0.1, 0.15) is 51.9 Å². The maximum absolute atomic E-state index is 11.6. The van der Waals surface area contributed by atoms with Gasteiger partial charge in [0.2, 0.25) is 5.91 Å². The minimum absolute atomic E-state index is 0.135. The van der Waals surface area contributed by atoms with E-state index in [0.29, 0.717) is 6.04 Å². The highest BCUT2D eigenvalue weighted by molar-refractivity contribution is 5.84. The molecule has 0 unspecified atom stereocenters. The molecule has 86 valence electrons. The van der Waals surface area contributed by atoms with E-state index in [0.717, 1.165) is 31.6 Å². The summed E-state index contributed by atoms with van der Waals surface area (Å²) in [6, 6.07) is 0.565. The Bertz CT molecular complexity index is 240. The summed E-state index contributed by atoms with van der Waals surface area (Å²) in [7, 11) is 0. The Morgan fingerprint density at radius 3 is 2.33 bits per heavy atom. The third-order valence-corrected chi connectivity index (χ3v) is 4.07. The maximum atomic E-state index is 11.6. The van der Waals surface area contributed by atoms with Crippen LogP contribution in [0.4, 0.5) is 0 Å². The smallest absolute Gasteiger partial charge is 0.237 e. The van der Waals surface area contributed by atoms with Gasteiger partial charge >= 0.3 is 0 Å². The largest absolute Gasteiger partial charge is 0.368 e. The Kier molecular flexibility index (Phi) is 3.01. The third kappa shape index (κ3) is 2.33. The number of carbonyl (C=O) groups excluding carboxylic acids is 1. The van der Waals surface area contributed by atoms with Crippen molar-refractivity contribution in [3.8, 4) is 0 Å². The lowest BCUT2D eigenvalue weighted by Gasteiger charge is -2.38. The quantitative estimate of drug-likeness (QED) is 0.740. The van der Waals surface area contributed by atoms with E-state index in [4.69, 9.17) is 5.73 Å². The Morgan fingerprint density at radius 2 is 1.93 bits per heavy atom. The fourth-order valence-electron chi connectivity index (χ4n) is 2.66. The van der Waals surface area contributed by atoms with Crippen LogP contribution < -0.4 is 11.1 Å². The normalized spacial score (nSPS) is 36.5. The van der Waals surface area contributed by atoms with Gasteiger partial charge in [-0.25, -0.2) is 0 Å². The van der Waals surface area contributed by atoms with Crippen LogP contribution in [-0.4, -0.2) is 17.5 Å². The predicted molar refractivity (Wildman–Crippen MR) is 60.3 cm³/mol. The topological polar surface area (TPSA) is 55.1 Å². The van der Waals surface area contributed by atoms with E-state index >= 15 is 0 Å². The first-order valence-electron chi connectivity index (χ1n) is 6.24. The molecule has 2 aliphatic rings.